The Hall–Kier alpha value is -1.95. The summed E-state index contributed by atoms with van der Waals surface area (Å²) in [5, 5.41) is 6.96. The van der Waals surface area contributed by atoms with Crippen LogP contribution in [0.15, 0.2) is 22.7 Å². The molecule has 1 heterocycles. The summed E-state index contributed by atoms with van der Waals surface area (Å²) >= 11 is 5.03. The van der Waals surface area contributed by atoms with Crippen molar-refractivity contribution in [3.63, 3.8) is 0 Å². The van der Waals surface area contributed by atoms with E-state index in [0.717, 1.165) is 16.8 Å². The summed E-state index contributed by atoms with van der Waals surface area (Å²) in [6.07, 6.45) is 0. The van der Waals surface area contributed by atoms with Crippen LogP contribution in [0, 0.1) is 13.8 Å². The molecule has 0 amide bonds. The van der Waals surface area contributed by atoms with Crippen LogP contribution in [-0.4, -0.2) is 15.1 Å². The van der Waals surface area contributed by atoms with Crippen molar-refractivity contribution in [2.45, 2.75) is 20.4 Å². The van der Waals surface area contributed by atoms with E-state index in [1.165, 1.54) is 0 Å². The number of aryl methyl sites for hydroxylation is 2. The molecular formula is C12H14N4OS. The summed E-state index contributed by atoms with van der Waals surface area (Å²) in [7, 11) is 0. The molecular weight excluding hydrogens is 248 g/mol. The summed E-state index contributed by atoms with van der Waals surface area (Å²) in [6, 6.07) is 5.80. The lowest BCUT2D eigenvalue weighted by Gasteiger charge is -2.12. The monoisotopic (exact) mass is 262 g/mol. The quantitative estimate of drug-likeness (QED) is 0.820. The van der Waals surface area contributed by atoms with Gasteiger partial charge in [0.1, 0.15) is 4.99 Å². The third kappa shape index (κ3) is 2.65. The zero-order valence-electron chi connectivity index (χ0n) is 10.2. The number of nitrogens with one attached hydrogen (secondary N) is 1. The molecule has 0 radical (unpaired) electrons. The average Bonchev–Trinajstić information content (AvgIpc) is 2.73. The largest absolute Gasteiger partial charge is 0.389 e. The average molecular weight is 262 g/mol. The highest BCUT2D eigenvalue weighted by atomic mass is 32.1. The molecule has 94 valence electrons. The van der Waals surface area contributed by atoms with Crippen molar-refractivity contribution in [1.82, 2.24) is 10.1 Å². The van der Waals surface area contributed by atoms with E-state index in [0.29, 0.717) is 23.2 Å². The van der Waals surface area contributed by atoms with Gasteiger partial charge < -0.3 is 15.6 Å². The van der Waals surface area contributed by atoms with Crippen molar-refractivity contribution in [1.29, 1.82) is 0 Å². The molecule has 1 aromatic heterocycles. The predicted molar refractivity (Wildman–Crippen MR) is 73.4 cm³/mol. The van der Waals surface area contributed by atoms with E-state index in [1.807, 2.05) is 25.1 Å². The SMILES string of the molecule is Cc1noc(CNc2c(C)cccc2C(N)=S)n1. The van der Waals surface area contributed by atoms with Gasteiger partial charge in [-0.2, -0.15) is 4.98 Å². The summed E-state index contributed by atoms with van der Waals surface area (Å²) in [5.41, 5.74) is 8.49. The van der Waals surface area contributed by atoms with Crippen molar-refractivity contribution in [2.75, 3.05) is 5.32 Å². The minimum absolute atomic E-state index is 0.364. The fraction of sp³-hybridized carbons (Fsp3) is 0.250. The predicted octanol–water partition coefficient (Wildman–Crippen LogP) is 1.93. The molecule has 0 aliphatic rings. The Kier molecular flexibility index (Phi) is 3.57. The lowest BCUT2D eigenvalue weighted by molar-refractivity contribution is 0.379. The van der Waals surface area contributed by atoms with Gasteiger partial charge in [0.2, 0.25) is 5.89 Å². The van der Waals surface area contributed by atoms with Crippen molar-refractivity contribution >= 4 is 22.9 Å². The van der Waals surface area contributed by atoms with Crippen LogP contribution in [0.25, 0.3) is 0 Å². The molecule has 18 heavy (non-hydrogen) atoms. The first-order valence-corrected chi connectivity index (χ1v) is 5.91. The molecule has 1 aromatic carbocycles. The van der Waals surface area contributed by atoms with Gasteiger partial charge in [-0.25, -0.2) is 0 Å². The topological polar surface area (TPSA) is 77.0 Å². The molecule has 2 rings (SSSR count). The highest BCUT2D eigenvalue weighted by molar-refractivity contribution is 7.80. The number of rotatable bonds is 4. The number of nitrogens with zero attached hydrogens (tertiary/aromatic N) is 2. The van der Waals surface area contributed by atoms with Crippen LogP contribution in [0.3, 0.4) is 0 Å². The molecule has 0 bridgehead atoms. The minimum Gasteiger partial charge on any atom is -0.389 e. The van der Waals surface area contributed by atoms with Gasteiger partial charge in [-0.05, 0) is 25.5 Å². The van der Waals surface area contributed by atoms with E-state index < -0.39 is 0 Å². The Bertz CT molecular complexity index is 579. The molecule has 6 heteroatoms. The van der Waals surface area contributed by atoms with E-state index in [-0.39, 0.29) is 0 Å². The van der Waals surface area contributed by atoms with E-state index >= 15 is 0 Å². The maximum Gasteiger partial charge on any atom is 0.245 e. The number of anilines is 1. The first-order chi connectivity index (χ1) is 8.58. The van der Waals surface area contributed by atoms with Crippen LogP contribution >= 0.6 is 12.2 Å². The van der Waals surface area contributed by atoms with Crippen LogP contribution < -0.4 is 11.1 Å². The molecule has 0 aliphatic heterocycles. The maximum absolute atomic E-state index is 5.70. The van der Waals surface area contributed by atoms with Crippen LogP contribution in [0.5, 0.6) is 0 Å². The summed E-state index contributed by atoms with van der Waals surface area (Å²) in [5.74, 6) is 1.15. The van der Waals surface area contributed by atoms with E-state index in [9.17, 15) is 0 Å². The molecule has 2 aromatic rings. The Morgan fingerprint density at radius 2 is 2.22 bits per heavy atom. The lowest BCUT2D eigenvalue weighted by atomic mass is 10.1. The molecule has 3 N–H and O–H groups in total. The van der Waals surface area contributed by atoms with Crippen molar-refractivity contribution in [2.24, 2.45) is 5.73 Å². The first kappa shape index (κ1) is 12.5. The van der Waals surface area contributed by atoms with Gasteiger partial charge in [0.15, 0.2) is 5.82 Å². The normalized spacial score (nSPS) is 10.3. The number of benzene rings is 1. The van der Waals surface area contributed by atoms with Crippen molar-refractivity contribution in [3.8, 4) is 0 Å². The van der Waals surface area contributed by atoms with Crippen LogP contribution in [-0.2, 0) is 6.54 Å². The van der Waals surface area contributed by atoms with Gasteiger partial charge in [0, 0.05) is 11.3 Å². The van der Waals surface area contributed by atoms with Crippen LogP contribution in [0.1, 0.15) is 22.8 Å². The number of para-hydroxylation sites is 1. The number of thiocarbonyl (C=S) groups is 1. The molecule has 0 fully saturated rings. The molecule has 0 saturated carbocycles. The standard InChI is InChI=1S/C12H14N4OS/c1-7-4-3-5-9(12(13)18)11(7)14-6-10-15-8(2)16-17-10/h3-5,14H,6H2,1-2H3,(H2,13,18). The summed E-state index contributed by atoms with van der Waals surface area (Å²) < 4.78 is 5.04. The van der Waals surface area contributed by atoms with Crippen LogP contribution in [0.2, 0.25) is 0 Å². The number of nitrogens with two attached hydrogens (primary N) is 1. The van der Waals surface area contributed by atoms with Gasteiger partial charge in [0.25, 0.3) is 0 Å². The van der Waals surface area contributed by atoms with E-state index in [4.69, 9.17) is 22.5 Å². The van der Waals surface area contributed by atoms with Crippen molar-refractivity contribution < 1.29 is 4.52 Å². The Morgan fingerprint density at radius 1 is 1.44 bits per heavy atom. The number of aromatic nitrogens is 2. The Labute approximate surface area is 110 Å². The Morgan fingerprint density at radius 3 is 2.83 bits per heavy atom. The molecule has 0 spiro atoms. The minimum atomic E-state index is 0.364. The van der Waals surface area contributed by atoms with Crippen molar-refractivity contribution in [3.05, 3.63) is 41.0 Å². The highest BCUT2D eigenvalue weighted by Crippen LogP contribution is 2.21. The summed E-state index contributed by atoms with van der Waals surface area (Å²) in [6.45, 7) is 4.21. The molecule has 5 nitrogen and oxygen atoms in total. The fourth-order valence-electron chi connectivity index (χ4n) is 1.68. The molecule has 0 saturated heterocycles. The lowest BCUT2D eigenvalue weighted by Crippen LogP contribution is -2.14. The maximum atomic E-state index is 5.70. The fourth-order valence-corrected chi connectivity index (χ4v) is 1.85. The summed E-state index contributed by atoms with van der Waals surface area (Å²) in [4.78, 5) is 4.49. The van der Waals surface area contributed by atoms with E-state index in [2.05, 4.69) is 15.5 Å². The van der Waals surface area contributed by atoms with Gasteiger partial charge in [-0.1, -0.05) is 29.5 Å². The van der Waals surface area contributed by atoms with Crippen LogP contribution in [0.4, 0.5) is 5.69 Å². The van der Waals surface area contributed by atoms with Gasteiger partial charge in [-0.3, -0.25) is 0 Å². The van der Waals surface area contributed by atoms with Gasteiger partial charge >= 0.3 is 0 Å². The third-order valence-electron chi connectivity index (χ3n) is 2.52. The number of hydrogen-bond acceptors (Lipinski definition) is 5. The van der Waals surface area contributed by atoms with E-state index in [1.54, 1.807) is 6.92 Å². The third-order valence-corrected chi connectivity index (χ3v) is 2.74. The zero-order valence-corrected chi connectivity index (χ0v) is 11.0. The Balaban J connectivity index is 2.20. The number of hydrogen-bond donors (Lipinski definition) is 2. The second-order valence-corrected chi connectivity index (χ2v) is 4.39. The molecule has 0 unspecified atom stereocenters. The van der Waals surface area contributed by atoms with Gasteiger partial charge in [-0.15, -0.1) is 0 Å². The molecule has 0 atom stereocenters. The highest BCUT2D eigenvalue weighted by Gasteiger charge is 2.09. The second kappa shape index (κ2) is 5.14. The second-order valence-electron chi connectivity index (χ2n) is 3.95. The smallest absolute Gasteiger partial charge is 0.245 e. The zero-order chi connectivity index (χ0) is 13.1. The first-order valence-electron chi connectivity index (χ1n) is 5.50. The molecule has 0 aliphatic carbocycles. The van der Waals surface area contributed by atoms with Gasteiger partial charge in [0.05, 0.1) is 6.54 Å².